The number of benzene rings is 2. The Kier molecular flexibility index (Phi) is 5.44. The van der Waals surface area contributed by atoms with Crippen LogP contribution in [0.2, 0.25) is 0 Å². The highest BCUT2D eigenvalue weighted by atomic mass is 16.6. The lowest BCUT2D eigenvalue weighted by molar-refractivity contribution is 0.0991. The zero-order chi connectivity index (χ0) is 21.0. The van der Waals surface area contributed by atoms with Gasteiger partial charge in [0.05, 0.1) is 0 Å². The monoisotopic (exact) mass is 415 g/mol. The average Bonchev–Trinajstić information content (AvgIpc) is 2.85. The van der Waals surface area contributed by atoms with Crippen LogP contribution in [-0.2, 0) is 6.42 Å². The van der Waals surface area contributed by atoms with Crippen molar-refractivity contribution in [2.45, 2.75) is 6.42 Å². The predicted molar refractivity (Wildman–Crippen MR) is 121 cm³/mol. The quantitative estimate of drug-likeness (QED) is 0.594. The molecule has 0 amide bonds. The Balaban J connectivity index is 1.19. The van der Waals surface area contributed by atoms with Crippen molar-refractivity contribution < 1.29 is 14.3 Å². The number of hydrogen-bond acceptors (Lipinski definition) is 6. The second kappa shape index (κ2) is 8.68. The average molecular weight is 415 g/mol. The first-order valence-corrected chi connectivity index (χ1v) is 10.7. The van der Waals surface area contributed by atoms with Crippen LogP contribution in [0.15, 0.2) is 66.9 Å². The minimum absolute atomic E-state index is 0.0775. The molecule has 0 bridgehead atoms. The number of piperazine rings is 1. The Bertz CT molecular complexity index is 1050. The van der Waals surface area contributed by atoms with Crippen LogP contribution in [0.1, 0.15) is 15.9 Å². The third-order valence-electron chi connectivity index (χ3n) is 5.78. The van der Waals surface area contributed by atoms with Gasteiger partial charge in [0.1, 0.15) is 19.0 Å². The van der Waals surface area contributed by atoms with Gasteiger partial charge in [0.15, 0.2) is 17.3 Å². The molecule has 0 spiro atoms. The van der Waals surface area contributed by atoms with E-state index in [0.29, 0.717) is 36.7 Å². The van der Waals surface area contributed by atoms with E-state index in [-0.39, 0.29) is 5.78 Å². The minimum Gasteiger partial charge on any atom is -0.486 e. The summed E-state index contributed by atoms with van der Waals surface area (Å²) in [6, 6.07) is 19.8. The first-order valence-electron chi connectivity index (χ1n) is 10.7. The van der Waals surface area contributed by atoms with Gasteiger partial charge in [-0.1, -0.05) is 18.2 Å². The summed E-state index contributed by atoms with van der Waals surface area (Å²) in [7, 11) is 0. The summed E-state index contributed by atoms with van der Waals surface area (Å²) >= 11 is 0. The first kappa shape index (κ1) is 19.4. The Morgan fingerprint density at radius 2 is 1.58 bits per heavy atom. The van der Waals surface area contributed by atoms with Crippen LogP contribution in [0.25, 0.3) is 0 Å². The Morgan fingerprint density at radius 1 is 0.839 bits per heavy atom. The molecule has 3 heterocycles. The summed E-state index contributed by atoms with van der Waals surface area (Å²) in [6.07, 6.45) is 2.21. The van der Waals surface area contributed by atoms with Crippen LogP contribution in [-0.4, -0.2) is 50.2 Å². The van der Waals surface area contributed by atoms with Crippen LogP contribution >= 0.6 is 0 Å². The molecule has 1 aromatic heterocycles. The van der Waals surface area contributed by atoms with Crippen LogP contribution in [0, 0.1) is 0 Å². The lowest BCUT2D eigenvalue weighted by Crippen LogP contribution is -2.46. The lowest BCUT2D eigenvalue weighted by atomic mass is 10.0. The van der Waals surface area contributed by atoms with E-state index in [1.54, 1.807) is 6.07 Å². The lowest BCUT2D eigenvalue weighted by Gasteiger charge is -2.36. The number of hydrogen-bond donors (Lipinski definition) is 0. The number of ketones is 1. The molecule has 0 radical (unpaired) electrons. The molecular weight excluding hydrogens is 390 g/mol. The number of carbonyl (C=O) groups is 1. The maximum Gasteiger partial charge on any atom is 0.167 e. The van der Waals surface area contributed by atoms with Gasteiger partial charge in [0.2, 0.25) is 0 Å². The van der Waals surface area contributed by atoms with Gasteiger partial charge in [-0.05, 0) is 48.0 Å². The van der Waals surface area contributed by atoms with Crippen LogP contribution in [0.5, 0.6) is 11.5 Å². The summed E-state index contributed by atoms with van der Waals surface area (Å²) in [5.41, 5.74) is 2.85. The molecule has 0 N–H and O–H groups in total. The minimum atomic E-state index is 0.0775. The molecule has 2 aliphatic heterocycles. The fourth-order valence-corrected chi connectivity index (χ4v) is 4.06. The molecule has 0 atom stereocenters. The number of carbonyl (C=O) groups excluding carboxylic acids is 1. The van der Waals surface area contributed by atoms with Gasteiger partial charge in [-0.15, -0.1) is 0 Å². The van der Waals surface area contributed by atoms with Gasteiger partial charge in [-0.25, -0.2) is 4.98 Å². The summed E-state index contributed by atoms with van der Waals surface area (Å²) < 4.78 is 11.1. The number of aromatic nitrogens is 1. The molecule has 2 aliphatic rings. The molecule has 0 aliphatic carbocycles. The molecule has 31 heavy (non-hydrogen) atoms. The van der Waals surface area contributed by atoms with Crippen molar-refractivity contribution in [3.63, 3.8) is 0 Å². The van der Waals surface area contributed by atoms with Crippen molar-refractivity contribution >= 4 is 17.3 Å². The van der Waals surface area contributed by atoms with Crippen LogP contribution in [0.4, 0.5) is 11.5 Å². The zero-order valence-corrected chi connectivity index (χ0v) is 17.4. The zero-order valence-electron chi connectivity index (χ0n) is 17.4. The van der Waals surface area contributed by atoms with E-state index < -0.39 is 0 Å². The Hall–Kier alpha value is -3.54. The first-order chi connectivity index (χ1) is 15.3. The molecule has 1 saturated heterocycles. The molecule has 1 fully saturated rings. The van der Waals surface area contributed by atoms with Gasteiger partial charge in [0.25, 0.3) is 0 Å². The third-order valence-corrected chi connectivity index (χ3v) is 5.78. The fourth-order valence-electron chi connectivity index (χ4n) is 4.06. The van der Waals surface area contributed by atoms with E-state index in [1.165, 1.54) is 5.69 Å². The number of ether oxygens (including phenoxy) is 2. The van der Waals surface area contributed by atoms with Crippen molar-refractivity contribution in [3.05, 3.63) is 78.0 Å². The maximum absolute atomic E-state index is 12.7. The number of pyridine rings is 1. The molecule has 2 aromatic carbocycles. The van der Waals surface area contributed by atoms with E-state index >= 15 is 0 Å². The van der Waals surface area contributed by atoms with Crippen molar-refractivity contribution in [1.29, 1.82) is 0 Å². The second-order valence-corrected chi connectivity index (χ2v) is 7.79. The molecule has 158 valence electrons. The highest BCUT2D eigenvalue weighted by Crippen LogP contribution is 2.31. The molecule has 0 saturated carbocycles. The molecule has 0 unspecified atom stereocenters. The molecule has 6 heteroatoms. The Labute approximate surface area is 182 Å². The van der Waals surface area contributed by atoms with Gasteiger partial charge in [-0.2, -0.15) is 0 Å². The third kappa shape index (κ3) is 4.33. The second-order valence-electron chi connectivity index (χ2n) is 7.79. The number of Topliss-reactive ketones (excluding diaryl/α,β-unsaturated/α-hetero) is 1. The standard InChI is InChI=1S/C25H25N3O3/c29-22(20-6-9-23-24(18-20)31-16-15-30-23)17-19-4-7-21(8-5-19)27-11-13-28(14-12-27)25-3-1-2-10-26-25/h1-10,18H,11-17H2. The smallest absolute Gasteiger partial charge is 0.167 e. The van der Waals surface area contributed by atoms with Gasteiger partial charge in [0, 0.05) is 50.0 Å². The van der Waals surface area contributed by atoms with Crippen LogP contribution < -0.4 is 19.3 Å². The number of fused-ring (bicyclic) bond motifs is 1. The van der Waals surface area contributed by atoms with Crippen molar-refractivity contribution in [3.8, 4) is 11.5 Å². The van der Waals surface area contributed by atoms with Crippen molar-refractivity contribution in [1.82, 2.24) is 4.98 Å². The van der Waals surface area contributed by atoms with Crippen molar-refractivity contribution in [2.24, 2.45) is 0 Å². The van der Waals surface area contributed by atoms with Gasteiger partial charge < -0.3 is 19.3 Å². The number of rotatable bonds is 5. The Morgan fingerprint density at radius 3 is 2.32 bits per heavy atom. The molecule has 5 rings (SSSR count). The topological polar surface area (TPSA) is 54.9 Å². The van der Waals surface area contributed by atoms with Crippen LogP contribution in [0.3, 0.4) is 0 Å². The van der Waals surface area contributed by atoms with E-state index in [9.17, 15) is 4.79 Å². The summed E-state index contributed by atoms with van der Waals surface area (Å²) in [4.78, 5) is 21.9. The summed E-state index contributed by atoms with van der Waals surface area (Å²) in [5.74, 6) is 2.47. The molecular formula is C25H25N3O3. The van der Waals surface area contributed by atoms with E-state index in [4.69, 9.17) is 9.47 Å². The number of nitrogens with zero attached hydrogens (tertiary/aromatic N) is 3. The van der Waals surface area contributed by atoms with E-state index in [1.807, 2.05) is 30.5 Å². The van der Waals surface area contributed by atoms with E-state index in [0.717, 1.165) is 37.6 Å². The van der Waals surface area contributed by atoms with E-state index in [2.05, 4.69) is 45.1 Å². The summed E-state index contributed by atoms with van der Waals surface area (Å²) in [6.45, 7) is 4.86. The fraction of sp³-hybridized carbons (Fsp3) is 0.280. The predicted octanol–water partition coefficient (Wildman–Crippen LogP) is 3.60. The normalized spacial score (nSPS) is 15.6. The largest absolute Gasteiger partial charge is 0.486 e. The van der Waals surface area contributed by atoms with Gasteiger partial charge >= 0.3 is 0 Å². The van der Waals surface area contributed by atoms with Crippen molar-refractivity contribution in [2.75, 3.05) is 49.2 Å². The highest BCUT2D eigenvalue weighted by Gasteiger charge is 2.19. The SMILES string of the molecule is O=C(Cc1ccc(N2CCN(c3ccccn3)CC2)cc1)c1ccc2c(c1)OCCO2. The molecule has 3 aromatic rings. The maximum atomic E-state index is 12.7. The summed E-state index contributed by atoms with van der Waals surface area (Å²) in [5, 5.41) is 0. The van der Waals surface area contributed by atoms with Gasteiger partial charge in [-0.3, -0.25) is 4.79 Å². The highest BCUT2D eigenvalue weighted by molar-refractivity contribution is 5.98. The molecule has 6 nitrogen and oxygen atoms in total. The number of anilines is 2.